The van der Waals surface area contributed by atoms with E-state index in [1.807, 2.05) is 12.1 Å². The Morgan fingerprint density at radius 2 is 1.44 bits per heavy atom. The summed E-state index contributed by atoms with van der Waals surface area (Å²) in [4.78, 5) is 0. The number of hydrogen-bond donors (Lipinski definition) is 2. The fraction of sp³-hybridized carbons (Fsp3) is 0.400. The van der Waals surface area contributed by atoms with Gasteiger partial charge in [0.1, 0.15) is 0 Å². The van der Waals surface area contributed by atoms with E-state index < -0.39 is 24.2 Å². The molecule has 2 nitrogen and oxygen atoms in total. The molecule has 25 heavy (non-hydrogen) atoms. The van der Waals surface area contributed by atoms with Gasteiger partial charge in [-0.2, -0.15) is 0 Å². The smallest absolute Gasteiger partial charge is 0.423 e. The highest BCUT2D eigenvalue weighted by Gasteiger charge is 2.22. The van der Waals surface area contributed by atoms with Gasteiger partial charge in [-0.15, -0.1) is 0 Å². The number of hydrogen-bond acceptors (Lipinski definition) is 2. The van der Waals surface area contributed by atoms with Gasteiger partial charge in [0.05, 0.1) is 0 Å². The number of halogens is 2. The van der Waals surface area contributed by atoms with Crippen LogP contribution in [0.4, 0.5) is 8.78 Å². The molecule has 0 aliphatic rings. The van der Waals surface area contributed by atoms with E-state index in [1.54, 1.807) is 12.1 Å². The Hall–Kier alpha value is -1.72. The topological polar surface area (TPSA) is 40.5 Å². The minimum atomic E-state index is -2.02. The molecule has 0 saturated carbocycles. The van der Waals surface area contributed by atoms with Gasteiger partial charge in [0.2, 0.25) is 0 Å². The molecule has 0 saturated heterocycles. The highest BCUT2D eigenvalue weighted by molar-refractivity contribution is 6.58. The Bertz CT molecular complexity index is 672. The fourth-order valence-electron chi connectivity index (χ4n) is 2.95. The predicted molar refractivity (Wildman–Crippen MR) is 98.7 cm³/mol. The summed E-state index contributed by atoms with van der Waals surface area (Å²) in [6.07, 6.45) is 8.43. The maximum absolute atomic E-state index is 14.2. The Morgan fingerprint density at radius 1 is 0.800 bits per heavy atom. The van der Waals surface area contributed by atoms with Crippen LogP contribution in [0, 0.1) is 11.6 Å². The van der Waals surface area contributed by atoms with Gasteiger partial charge < -0.3 is 10.0 Å². The second-order valence-corrected chi connectivity index (χ2v) is 6.42. The molecule has 134 valence electrons. The first-order valence-corrected chi connectivity index (χ1v) is 8.98. The lowest BCUT2D eigenvalue weighted by Gasteiger charge is -2.09. The van der Waals surface area contributed by atoms with Crippen molar-refractivity contribution in [3.63, 3.8) is 0 Å². The molecule has 0 aliphatic heterocycles. The molecule has 0 radical (unpaired) electrons. The molecule has 0 unspecified atom stereocenters. The molecule has 5 heteroatoms. The summed E-state index contributed by atoms with van der Waals surface area (Å²) in [5.41, 5.74) is 1.42. The van der Waals surface area contributed by atoms with Gasteiger partial charge in [-0.1, -0.05) is 75.4 Å². The molecule has 0 aliphatic carbocycles. The average molecular weight is 346 g/mol. The quantitative estimate of drug-likeness (QED) is 0.527. The standard InChI is InChI=1S/C20H25BF2O2/c1-2-3-4-5-6-7-8-15-9-11-16(12-10-15)17-13-14-18(21(24)25)20(23)19(17)22/h9-14,24-25H,2-8H2,1H3. The molecule has 0 bridgehead atoms. The fourth-order valence-corrected chi connectivity index (χ4v) is 2.95. The minimum Gasteiger partial charge on any atom is -0.423 e. The zero-order valence-electron chi connectivity index (χ0n) is 14.6. The molecule has 0 fully saturated rings. The second-order valence-electron chi connectivity index (χ2n) is 6.42. The van der Waals surface area contributed by atoms with Gasteiger partial charge in [-0.3, -0.25) is 0 Å². The van der Waals surface area contributed by atoms with E-state index in [4.69, 9.17) is 10.0 Å². The summed E-state index contributed by atoms with van der Waals surface area (Å²) >= 11 is 0. The van der Waals surface area contributed by atoms with Gasteiger partial charge >= 0.3 is 7.12 Å². The first kappa shape index (κ1) is 19.6. The Morgan fingerprint density at radius 3 is 2.08 bits per heavy atom. The molecule has 0 spiro atoms. The largest absolute Gasteiger partial charge is 0.491 e. The zero-order valence-corrected chi connectivity index (χ0v) is 14.6. The van der Waals surface area contributed by atoms with Crippen LogP contribution in [-0.4, -0.2) is 17.2 Å². The lowest BCUT2D eigenvalue weighted by atomic mass is 9.79. The van der Waals surface area contributed by atoms with Crippen molar-refractivity contribution < 1.29 is 18.8 Å². The van der Waals surface area contributed by atoms with Crippen molar-refractivity contribution in [3.8, 4) is 11.1 Å². The third-order valence-electron chi connectivity index (χ3n) is 4.47. The summed E-state index contributed by atoms with van der Waals surface area (Å²) in [6, 6.07) is 10.00. The first-order valence-electron chi connectivity index (χ1n) is 8.98. The van der Waals surface area contributed by atoms with Gasteiger partial charge in [0.15, 0.2) is 11.6 Å². The van der Waals surface area contributed by atoms with Gasteiger partial charge in [0.25, 0.3) is 0 Å². The molecular formula is C20H25BF2O2. The highest BCUT2D eigenvalue weighted by Crippen LogP contribution is 2.24. The summed E-state index contributed by atoms with van der Waals surface area (Å²) in [5.74, 6) is -2.28. The van der Waals surface area contributed by atoms with E-state index in [-0.39, 0.29) is 5.56 Å². The summed E-state index contributed by atoms with van der Waals surface area (Å²) in [6.45, 7) is 2.20. The van der Waals surface area contributed by atoms with Crippen molar-refractivity contribution in [1.82, 2.24) is 0 Å². The molecular weight excluding hydrogens is 321 g/mol. The molecule has 0 aromatic heterocycles. The van der Waals surface area contributed by atoms with E-state index in [0.717, 1.165) is 12.8 Å². The molecule has 2 rings (SSSR count). The molecule has 0 atom stereocenters. The van der Waals surface area contributed by atoms with Crippen LogP contribution >= 0.6 is 0 Å². The van der Waals surface area contributed by atoms with E-state index in [0.29, 0.717) is 5.56 Å². The average Bonchev–Trinajstić information content (AvgIpc) is 2.60. The normalized spacial score (nSPS) is 10.9. The molecule has 0 heterocycles. The van der Waals surface area contributed by atoms with Crippen molar-refractivity contribution in [2.24, 2.45) is 0 Å². The van der Waals surface area contributed by atoms with Crippen LogP contribution in [0.3, 0.4) is 0 Å². The van der Waals surface area contributed by atoms with Crippen LogP contribution in [0.5, 0.6) is 0 Å². The van der Waals surface area contributed by atoms with Crippen LogP contribution in [0.1, 0.15) is 51.0 Å². The molecule has 2 aromatic rings. The number of unbranched alkanes of at least 4 members (excludes halogenated alkanes) is 5. The lowest BCUT2D eigenvalue weighted by molar-refractivity contribution is 0.420. The Balaban J connectivity index is 1.99. The van der Waals surface area contributed by atoms with E-state index in [9.17, 15) is 8.78 Å². The SMILES string of the molecule is CCCCCCCCc1ccc(-c2ccc(B(O)O)c(F)c2F)cc1. The van der Waals surface area contributed by atoms with E-state index >= 15 is 0 Å². The van der Waals surface area contributed by atoms with Gasteiger partial charge in [0, 0.05) is 11.0 Å². The van der Waals surface area contributed by atoms with Crippen LogP contribution in [0.25, 0.3) is 11.1 Å². The lowest BCUT2D eigenvalue weighted by Crippen LogP contribution is -2.33. The predicted octanol–water partition coefficient (Wildman–Crippen LogP) is 4.21. The second kappa shape index (κ2) is 9.69. The number of aryl methyl sites for hydroxylation is 1. The van der Waals surface area contributed by atoms with E-state index in [1.165, 1.54) is 49.8 Å². The van der Waals surface area contributed by atoms with Crippen molar-refractivity contribution in [2.45, 2.75) is 51.9 Å². The molecule has 2 N–H and O–H groups in total. The zero-order chi connectivity index (χ0) is 18.2. The Kier molecular flexibility index (Phi) is 7.60. The number of benzene rings is 2. The first-order chi connectivity index (χ1) is 12.0. The van der Waals surface area contributed by atoms with Crippen molar-refractivity contribution in [3.05, 3.63) is 53.6 Å². The third-order valence-corrected chi connectivity index (χ3v) is 4.47. The van der Waals surface area contributed by atoms with Crippen molar-refractivity contribution in [1.29, 1.82) is 0 Å². The molecule has 0 amide bonds. The van der Waals surface area contributed by atoms with Crippen molar-refractivity contribution in [2.75, 3.05) is 0 Å². The maximum atomic E-state index is 14.2. The van der Waals surface area contributed by atoms with Crippen molar-refractivity contribution >= 4 is 12.6 Å². The van der Waals surface area contributed by atoms with Crippen LogP contribution < -0.4 is 5.46 Å². The summed E-state index contributed by atoms with van der Waals surface area (Å²) < 4.78 is 28.0. The Labute approximate surface area is 148 Å². The van der Waals surface area contributed by atoms with Crippen LogP contribution in [0.2, 0.25) is 0 Å². The van der Waals surface area contributed by atoms with Gasteiger partial charge in [-0.25, -0.2) is 8.78 Å². The third kappa shape index (κ3) is 5.38. The number of rotatable bonds is 9. The minimum absolute atomic E-state index is 0.119. The van der Waals surface area contributed by atoms with E-state index in [2.05, 4.69) is 6.92 Å². The highest BCUT2D eigenvalue weighted by atomic mass is 19.2. The summed E-state index contributed by atoms with van der Waals surface area (Å²) in [7, 11) is -2.02. The monoisotopic (exact) mass is 346 g/mol. The maximum Gasteiger partial charge on any atom is 0.491 e. The molecule has 2 aromatic carbocycles. The summed E-state index contributed by atoms with van der Waals surface area (Å²) in [5, 5.41) is 18.1. The van der Waals surface area contributed by atoms with Gasteiger partial charge in [-0.05, 0) is 24.0 Å². The van der Waals surface area contributed by atoms with Crippen LogP contribution in [-0.2, 0) is 6.42 Å². The van der Waals surface area contributed by atoms with Crippen LogP contribution in [0.15, 0.2) is 36.4 Å².